The molecule has 6 heteroatoms. The van der Waals surface area contributed by atoms with Crippen molar-refractivity contribution in [2.24, 2.45) is 0 Å². The number of aliphatic hydroxyl groups excluding tert-OH is 4. The Balaban J connectivity index is 4.52. The maximum Gasteiger partial charge on any atom is 0.189 e. The van der Waals surface area contributed by atoms with Gasteiger partial charge in [-0.15, -0.1) is 0 Å². The molecule has 6 nitrogen and oxygen atoms in total. The number of carbonyl (C=O) groups is 1. The lowest BCUT2D eigenvalue weighted by atomic mass is 10.1. The normalized spacial score (nSPS) is 22.2. The Kier molecular flexibility index (Phi) is 4.12. The van der Waals surface area contributed by atoms with E-state index in [-0.39, 0.29) is 0 Å². The van der Waals surface area contributed by atoms with E-state index in [0.717, 1.165) is 0 Å². The smallest absolute Gasteiger partial charge is 0.189 e. The highest BCUT2D eigenvalue weighted by Gasteiger charge is 2.28. The first-order valence-corrected chi connectivity index (χ1v) is 3.21. The molecule has 0 aliphatic rings. The molecule has 0 saturated heterocycles. The van der Waals surface area contributed by atoms with Crippen molar-refractivity contribution in [3.05, 3.63) is 0 Å². The summed E-state index contributed by atoms with van der Waals surface area (Å²) in [6.07, 6.45) is -6.97. The minimum atomic E-state index is -3.00. The van der Waals surface area contributed by atoms with E-state index in [2.05, 4.69) is 0 Å². The first kappa shape index (κ1) is 9.56. The zero-order chi connectivity index (χ0) is 10.6. The quantitative estimate of drug-likeness (QED) is 0.302. The zero-order valence-corrected chi connectivity index (χ0v) is 6.21. The molecule has 0 fully saturated rings. The van der Waals surface area contributed by atoms with Gasteiger partial charge in [0.25, 0.3) is 0 Å². The lowest BCUT2D eigenvalue weighted by Gasteiger charge is -2.19. The second-order valence-electron chi connectivity index (χ2n) is 2.16. The van der Waals surface area contributed by atoms with Gasteiger partial charge in [-0.1, -0.05) is 0 Å². The van der Waals surface area contributed by atoms with Gasteiger partial charge in [-0.25, -0.2) is 0 Å². The predicted octanol–water partition coefficient (Wildman–Crippen LogP) is -3.38. The predicted molar refractivity (Wildman–Crippen MR) is 37.2 cm³/mol. The van der Waals surface area contributed by atoms with E-state index in [4.69, 9.17) is 26.9 Å². The van der Waals surface area contributed by atoms with E-state index in [0.29, 0.717) is 0 Å². The Bertz CT molecular complexity index is 182. The molecule has 0 aromatic heterocycles. The fraction of sp³-hybridized carbons (Fsp3) is 0.833. The average Bonchev–Trinajstić information content (AvgIpc) is 2.13. The summed E-state index contributed by atoms with van der Waals surface area (Å²) in [5, 5.41) is 43.4. The van der Waals surface area contributed by atoms with Crippen molar-refractivity contribution in [2.45, 2.75) is 18.3 Å². The minimum Gasteiger partial charge on any atom is -0.394 e. The van der Waals surface area contributed by atoms with Crippen molar-refractivity contribution in [3.63, 3.8) is 0 Å². The maximum absolute atomic E-state index is 10.7. The molecule has 0 heterocycles. The van der Waals surface area contributed by atoms with E-state index >= 15 is 0 Å². The fourth-order valence-electron chi connectivity index (χ4n) is 0.528. The molecule has 72 valence electrons. The van der Waals surface area contributed by atoms with Crippen LogP contribution in [0.25, 0.3) is 0 Å². The van der Waals surface area contributed by atoms with Crippen LogP contribution in [0, 0.1) is 0 Å². The third kappa shape index (κ3) is 2.84. The molecule has 0 rings (SSSR count). The summed E-state index contributed by atoms with van der Waals surface area (Å²) >= 11 is 0. The monoisotopic (exact) mass is 181 g/mol. The van der Waals surface area contributed by atoms with Crippen molar-refractivity contribution in [2.75, 3.05) is 13.2 Å². The van der Waals surface area contributed by atoms with Gasteiger partial charge in [-0.3, -0.25) is 4.79 Å². The molecule has 0 aliphatic carbocycles. The summed E-state index contributed by atoms with van der Waals surface area (Å²) in [5.41, 5.74) is 0. The Morgan fingerprint density at radius 2 is 1.83 bits per heavy atom. The Labute approximate surface area is 70.1 Å². The van der Waals surface area contributed by atoms with Gasteiger partial charge in [-0.05, 0) is 0 Å². The van der Waals surface area contributed by atoms with Crippen LogP contribution in [0.2, 0.25) is 0 Å². The number of rotatable bonds is 5. The molecular weight excluding hydrogens is 168 g/mol. The Morgan fingerprint density at radius 1 is 1.33 bits per heavy atom. The van der Waals surface area contributed by atoms with Crippen molar-refractivity contribution in [1.82, 2.24) is 0 Å². The molecule has 0 bridgehead atoms. The third-order valence-electron chi connectivity index (χ3n) is 1.26. The average molecular weight is 181 g/mol. The molecule has 0 radical (unpaired) electrons. The molecule has 3 atom stereocenters. The lowest BCUT2D eigenvalue weighted by Crippen LogP contribution is -2.44. The van der Waals surface area contributed by atoms with Gasteiger partial charge in [0.15, 0.2) is 5.78 Å². The van der Waals surface area contributed by atoms with Crippen LogP contribution in [-0.2, 0) is 4.79 Å². The first-order valence-electron chi connectivity index (χ1n) is 3.71. The molecule has 5 N–H and O–H groups in total. The summed E-state index contributed by atoms with van der Waals surface area (Å²) in [7, 11) is 0. The number of aliphatic hydroxyl groups is 5. The van der Waals surface area contributed by atoms with Gasteiger partial charge in [0, 0.05) is 0 Å². The van der Waals surface area contributed by atoms with E-state index in [9.17, 15) is 4.79 Å². The molecule has 12 heavy (non-hydrogen) atoms. The molecule has 0 amide bonds. The van der Waals surface area contributed by atoms with Crippen molar-refractivity contribution >= 4 is 5.78 Å². The van der Waals surface area contributed by atoms with Crippen LogP contribution in [0.5, 0.6) is 0 Å². The maximum atomic E-state index is 10.7. The van der Waals surface area contributed by atoms with Crippen molar-refractivity contribution in [3.8, 4) is 0 Å². The number of hydrogen-bond donors (Lipinski definition) is 5. The highest BCUT2D eigenvalue weighted by molar-refractivity contribution is 5.84. The molecule has 0 aromatic carbocycles. The number of ketones is 1. The summed E-state index contributed by atoms with van der Waals surface area (Å²) < 4.78 is 6.90. The fourth-order valence-corrected chi connectivity index (χ4v) is 0.528. The third-order valence-corrected chi connectivity index (χ3v) is 1.26. The topological polar surface area (TPSA) is 118 Å². The molecule has 0 aliphatic heterocycles. The van der Waals surface area contributed by atoms with Crippen LogP contribution in [0.3, 0.4) is 0 Å². The highest BCUT2D eigenvalue weighted by Crippen LogP contribution is 2.00. The van der Waals surface area contributed by atoms with Crippen molar-refractivity contribution in [1.29, 1.82) is 0 Å². The molecule has 0 unspecified atom stereocenters. The van der Waals surface area contributed by atoms with E-state index < -0.39 is 37.3 Å². The van der Waals surface area contributed by atoms with Crippen LogP contribution in [-0.4, -0.2) is 62.8 Å². The van der Waals surface area contributed by atoms with Crippen LogP contribution in [0.15, 0.2) is 0 Å². The van der Waals surface area contributed by atoms with Gasteiger partial charge in [0.05, 0.1) is 7.98 Å². The van der Waals surface area contributed by atoms with Crippen LogP contribution >= 0.6 is 0 Å². The molecular formula is C6H12O6. The molecule has 0 aromatic rings. The second kappa shape index (κ2) is 5.18. The second-order valence-corrected chi connectivity index (χ2v) is 2.16. The first-order chi connectivity index (χ1) is 5.87. The molecule has 0 spiro atoms. The standard InChI is InChI=1S/C6H12O6/c7-1-3(9)5(11)6(12)4(10)2-8/h3,5-9,11-12H,1-2H2/t3-,5-,6-/m1/s1/i6D. The summed E-state index contributed by atoms with van der Waals surface area (Å²) in [5.74, 6) is -1.35. The van der Waals surface area contributed by atoms with Gasteiger partial charge in [0.2, 0.25) is 0 Å². The Hall–Kier alpha value is -0.530. The zero-order valence-electron chi connectivity index (χ0n) is 7.21. The highest BCUT2D eigenvalue weighted by atomic mass is 16.4. The van der Waals surface area contributed by atoms with Gasteiger partial charge in [0.1, 0.15) is 24.9 Å². The van der Waals surface area contributed by atoms with E-state index in [1.807, 2.05) is 0 Å². The van der Waals surface area contributed by atoms with Crippen LogP contribution < -0.4 is 0 Å². The number of hydrogen-bond acceptors (Lipinski definition) is 6. The summed E-state index contributed by atoms with van der Waals surface area (Å²) in [6, 6.07) is 0. The lowest BCUT2D eigenvalue weighted by molar-refractivity contribution is -0.142. The minimum absolute atomic E-state index is 0.902. The summed E-state index contributed by atoms with van der Waals surface area (Å²) in [6.45, 7) is -2.03. The largest absolute Gasteiger partial charge is 0.394 e. The number of carbonyl (C=O) groups excluding carboxylic acids is 1. The van der Waals surface area contributed by atoms with E-state index in [1.54, 1.807) is 0 Å². The Morgan fingerprint density at radius 3 is 2.17 bits per heavy atom. The van der Waals surface area contributed by atoms with Crippen LogP contribution in [0.4, 0.5) is 0 Å². The van der Waals surface area contributed by atoms with Gasteiger partial charge in [-0.2, -0.15) is 0 Å². The van der Waals surface area contributed by atoms with Crippen molar-refractivity contribution < 1.29 is 31.7 Å². The van der Waals surface area contributed by atoms with Gasteiger partial charge >= 0.3 is 0 Å². The number of Topliss-reactive ketones (excluding diaryl/α,β-unsaturated/α-hetero) is 1. The van der Waals surface area contributed by atoms with Crippen LogP contribution in [0.1, 0.15) is 1.37 Å². The summed E-state index contributed by atoms with van der Waals surface area (Å²) in [4.78, 5) is 10.7. The SMILES string of the molecule is [2H][C@@](O)(C(=O)CO)[C@H](O)[C@H](O)CO. The van der Waals surface area contributed by atoms with E-state index in [1.165, 1.54) is 0 Å². The molecule has 0 saturated carbocycles. The van der Waals surface area contributed by atoms with Gasteiger partial charge < -0.3 is 25.5 Å².